The number of carbonyl (C=O) groups is 1. The van der Waals surface area contributed by atoms with Gasteiger partial charge in [-0.3, -0.25) is 0 Å². The minimum Gasteiger partial charge on any atom is -0.478 e. The van der Waals surface area contributed by atoms with Gasteiger partial charge in [-0.2, -0.15) is 0 Å². The number of halogens is 2. The van der Waals surface area contributed by atoms with E-state index in [0.29, 0.717) is 28.4 Å². The number of rotatable bonds is 6. The molecule has 4 aromatic rings. The predicted octanol–water partition coefficient (Wildman–Crippen LogP) is 4.87. The van der Waals surface area contributed by atoms with Gasteiger partial charge in [0.15, 0.2) is 9.84 Å². The second-order valence-corrected chi connectivity index (χ2v) is 9.83. The lowest BCUT2D eigenvalue weighted by molar-refractivity contribution is 0.0697. The summed E-state index contributed by atoms with van der Waals surface area (Å²) < 4.78 is 53.6. The van der Waals surface area contributed by atoms with Crippen LogP contribution in [0.25, 0.3) is 5.69 Å². The Morgan fingerprint density at radius 2 is 1.57 bits per heavy atom. The fourth-order valence-corrected chi connectivity index (χ4v) is 4.93. The third-order valence-corrected chi connectivity index (χ3v) is 6.95. The average Bonchev–Trinajstić information content (AvgIpc) is 3.35. The zero-order valence-corrected chi connectivity index (χ0v) is 19.1. The van der Waals surface area contributed by atoms with Crippen molar-refractivity contribution >= 4 is 15.8 Å². The van der Waals surface area contributed by atoms with E-state index in [9.17, 15) is 27.1 Å². The van der Waals surface area contributed by atoms with E-state index < -0.39 is 32.3 Å². The van der Waals surface area contributed by atoms with Gasteiger partial charge in [0.1, 0.15) is 11.6 Å². The van der Waals surface area contributed by atoms with Gasteiger partial charge >= 0.3 is 5.97 Å². The lowest BCUT2D eigenvalue weighted by Crippen LogP contribution is -2.10. The molecule has 5 nitrogen and oxygen atoms in total. The molecular weight excluding hydrogens is 472 g/mol. The average molecular weight is 492 g/mol. The number of benzene rings is 3. The number of para-hydroxylation sites is 1. The molecule has 35 heavy (non-hydrogen) atoms. The lowest BCUT2D eigenvalue weighted by atomic mass is 10.1. The van der Waals surface area contributed by atoms with E-state index in [1.807, 2.05) is 0 Å². The van der Waals surface area contributed by atoms with Gasteiger partial charge in [-0.1, -0.05) is 30.0 Å². The van der Waals surface area contributed by atoms with Crippen molar-refractivity contribution in [3.63, 3.8) is 0 Å². The first-order chi connectivity index (χ1) is 16.7. The summed E-state index contributed by atoms with van der Waals surface area (Å²) >= 11 is 0. The maximum atomic E-state index is 13.4. The monoisotopic (exact) mass is 491 g/mol. The zero-order valence-electron chi connectivity index (χ0n) is 18.3. The topological polar surface area (TPSA) is 76.4 Å². The smallest absolute Gasteiger partial charge is 0.337 e. The van der Waals surface area contributed by atoms with Crippen LogP contribution in [0.1, 0.15) is 27.0 Å². The number of carboxylic acid groups (broad SMARTS) is 1. The summed E-state index contributed by atoms with van der Waals surface area (Å²) in [5.41, 5.74) is 2.36. The van der Waals surface area contributed by atoms with Crippen LogP contribution >= 0.6 is 0 Å². The Morgan fingerprint density at radius 3 is 2.26 bits per heavy atom. The summed E-state index contributed by atoms with van der Waals surface area (Å²) in [6.45, 7) is 0. The van der Waals surface area contributed by atoms with Crippen LogP contribution in [0.2, 0.25) is 0 Å². The number of carboxylic acids is 1. The van der Waals surface area contributed by atoms with Crippen molar-refractivity contribution in [2.24, 2.45) is 0 Å². The maximum absolute atomic E-state index is 13.4. The second kappa shape index (κ2) is 9.95. The number of aryl methyl sites for hydroxylation is 1. The third-order valence-electron chi connectivity index (χ3n) is 5.25. The van der Waals surface area contributed by atoms with E-state index in [1.165, 1.54) is 6.07 Å². The van der Waals surface area contributed by atoms with E-state index in [1.54, 1.807) is 65.5 Å². The standard InChI is InChI=1S/C27H19F2NO4S/c28-22-16-23(29)18-24(17-22)35(33,34)14-11-20-6-3-5-19(15-20)9-10-21-7-4-8-25(27(31)32)26(21)30-12-1-2-13-30/h1-8,12-13,15-18H,11,14H2,(H,31,32). The van der Waals surface area contributed by atoms with Crippen molar-refractivity contribution < 1.29 is 27.1 Å². The SMILES string of the molecule is O=C(O)c1cccc(C#Cc2cccc(CCS(=O)(=O)c3cc(F)cc(F)c3)c2)c1-n1cccc1. The summed E-state index contributed by atoms with van der Waals surface area (Å²) in [6.07, 6.45) is 3.59. The first kappa shape index (κ1) is 23.9. The molecule has 176 valence electrons. The Balaban J connectivity index is 1.59. The normalized spacial score (nSPS) is 11.0. The highest BCUT2D eigenvalue weighted by molar-refractivity contribution is 7.91. The Labute approximate surface area is 201 Å². The van der Waals surface area contributed by atoms with Crippen LogP contribution in [-0.2, 0) is 16.3 Å². The van der Waals surface area contributed by atoms with E-state index in [0.717, 1.165) is 12.1 Å². The molecule has 1 aromatic heterocycles. The molecular formula is C27H19F2NO4S. The van der Waals surface area contributed by atoms with Gasteiger partial charge in [-0.25, -0.2) is 22.0 Å². The van der Waals surface area contributed by atoms with Gasteiger partial charge in [-0.15, -0.1) is 0 Å². The van der Waals surface area contributed by atoms with Crippen LogP contribution in [0.4, 0.5) is 8.78 Å². The van der Waals surface area contributed by atoms with Gasteiger partial charge in [0.25, 0.3) is 0 Å². The number of aromatic carboxylic acids is 1. The number of nitrogens with zero attached hydrogens (tertiary/aromatic N) is 1. The second-order valence-electron chi connectivity index (χ2n) is 7.72. The number of hydrogen-bond donors (Lipinski definition) is 1. The first-order valence-corrected chi connectivity index (χ1v) is 12.2. The molecule has 0 fully saturated rings. The molecule has 8 heteroatoms. The van der Waals surface area contributed by atoms with Crippen LogP contribution in [0.3, 0.4) is 0 Å². The fourth-order valence-electron chi connectivity index (χ4n) is 3.60. The van der Waals surface area contributed by atoms with Gasteiger partial charge in [0.05, 0.1) is 21.9 Å². The van der Waals surface area contributed by atoms with E-state index in [2.05, 4.69) is 11.8 Å². The summed E-state index contributed by atoms with van der Waals surface area (Å²) in [6, 6.07) is 17.6. The molecule has 0 radical (unpaired) electrons. The molecule has 0 atom stereocenters. The molecule has 0 aliphatic heterocycles. The van der Waals surface area contributed by atoms with Crippen molar-refractivity contribution in [3.8, 4) is 17.5 Å². The highest BCUT2D eigenvalue weighted by Gasteiger charge is 2.17. The number of aromatic nitrogens is 1. The Morgan fingerprint density at radius 1 is 0.886 bits per heavy atom. The summed E-state index contributed by atoms with van der Waals surface area (Å²) in [7, 11) is -3.89. The van der Waals surface area contributed by atoms with Crippen LogP contribution in [0.5, 0.6) is 0 Å². The summed E-state index contributed by atoms with van der Waals surface area (Å²) in [4.78, 5) is 11.3. The summed E-state index contributed by atoms with van der Waals surface area (Å²) in [5.74, 6) is 2.72. The molecule has 0 unspecified atom stereocenters. The van der Waals surface area contributed by atoms with Crippen LogP contribution < -0.4 is 0 Å². The molecule has 0 spiro atoms. The molecule has 1 heterocycles. The molecule has 4 rings (SSSR count). The van der Waals surface area contributed by atoms with Gasteiger partial charge in [0, 0.05) is 29.6 Å². The van der Waals surface area contributed by atoms with Gasteiger partial charge < -0.3 is 9.67 Å². The van der Waals surface area contributed by atoms with Crippen molar-refractivity contribution in [2.45, 2.75) is 11.3 Å². The molecule has 0 bridgehead atoms. The predicted molar refractivity (Wildman–Crippen MR) is 127 cm³/mol. The number of hydrogen-bond acceptors (Lipinski definition) is 3. The Kier molecular flexibility index (Phi) is 6.80. The molecule has 3 aromatic carbocycles. The minimum absolute atomic E-state index is 0.112. The van der Waals surface area contributed by atoms with Gasteiger partial charge in [0.2, 0.25) is 0 Å². The van der Waals surface area contributed by atoms with Crippen LogP contribution in [0, 0.1) is 23.5 Å². The zero-order chi connectivity index (χ0) is 25.0. The lowest BCUT2D eigenvalue weighted by Gasteiger charge is -2.10. The quantitative estimate of drug-likeness (QED) is 0.391. The number of sulfone groups is 1. The van der Waals surface area contributed by atoms with Gasteiger partial charge in [-0.05, 0) is 60.5 Å². The van der Waals surface area contributed by atoms with Crippen LogP contribution in [-0.4, -0.2) is 29.8 Å². The summed E-state index contributed by atoms with van der Waals surface area (Å²) in [5, 5.41) is 9.60. The maximum Gasteiger partial charge on any atom is 0.337 e. The minimum atomic E-state index is -3.89. The van der Waals surface area contributed by atoms with E-state index in [4.69, 9.17) is 0 Å². The van der Waals surface area contributed by atoms with Crippen molar-refractivity contribution in [3.05, 3.63) is 119 Å². The molecule has 0 aliphatic rings. The largest absolute Gasteiger partial charge is 0.478 e. The molecule has 1 N–H and O–H groups in total. The molecule has 0 saturated heterocycles. The van der Waals surface area contributed by atoms with Crippen molar-refractivity contribution in [1.82, 2.24) is 4.57 Å². The highest BCUT2D eigenvalue weighted by Crippen LogP contribution is 2.21. The molecule has 0 amide bonds. The van der Waals surface area contributed by atoms with E-state index >= 15 is 0 Å². The van der Waals surface area contributed by atoms with Crippen LogP contribution in [0.15, 0.2) is 90.1 Å². The Hall–Kier alpha value is -4.22. The van der Waals surface area contributed by atoms with Crippen molar-refractivity contribution in [1.29, 1.82) is 0 Å². The molecule has 0 saturated carbocycles. The van der Waals surface area contributed by atoms with Crippen molar-refractivity contribution in [2.75, 3.05) is 5.75 Å². The first-order valence-electron chi connectivity index (χ1n) is 10.5. The highest BCUT2D eigenvalue weighted by atomic mass is 32.2. The van der Waals surface area contributed by atoms with E-state index in [-0.39, 0.29) is 17.7 Å². The third kappa shape index (κ3) is 5.65. The Bertz CT molecular complexity index is 1550. The fraction of sp³-hybridized carbons (Fsp3) is 0.0741. The molecule has 0 aliphatic carbocycles.